The predicted octanol–water partition coefficient (Wildman–Crippen LogP) is 2.53. The minimum atomic E-state index is 0.449. The van der Waals surface area contributed by atoms with E-state index < -0.39 is 0 Å². The van der Waals surface area contributed by atoms with Gasteiger partial charge in [0.1, 0.15) is 12.1 Å². The van der Waals surface area contributed by atoms with Gasteiger partial charge in [0, 0.05) is 41.2 Å². The molecule has 2 heterocycles. The maximum absolute atomic E-state index is 4.43. The lowest BCUT2D eigenvalue weighted by atomic mass is 10.2. The Bertz CT molecular complexity index is 479. The third-order valence-corrected chi connectivity index (χ3v) is 2.79. The van der Waals surface area contributed by atoms with Gasteiger partial charge in [0.2, 0.25) is 0 Å². The molecule has 0 atom stereocenters. The zero-order valence-corrected chi connectivity index (χ0v) is 11.5. The van der Waals surface area contributed by atoms with Gasteiger partial charge >= 0.3 is 0 Å². The van der Waals surface area contributed by atoms with E-state index in [0.717, 1.165) is 22.4 Å². The molecule has 0 saturated heterocycles. The van der Waals surface area contributed by atoms with E-state index in [1.54, 1.807) is 18.7 Å². The van der Waals surface area contributed by atoms with Crippen LogP contribution in [0.3, 0.4) is 0 Å². The maximum atomic E-state index is 4.43. The number of nitrogens with zero attached hydrogens (tertiary/aromatic N) is 3. The molecule has 90 valence electrons. The molecule has 0 spiro atoms. The van der Waals surface area contributed by atoms with Gasteiger partial charge in [0.05, 0.1) is 0 Å². The van der Waals surface area contributed by atoms with Crippen LogP contribution in [0.5, 0.6) is 0 Å². The average Bonchev–Trinajstić information content (AvgIpc) is 2.80. The molecule has 2 aromatic rings. The smallest absolute Gasteiger partial charge is 0.142 e. The summed E-state index contributed by atoms with van der Waals surface area (Å²) in [7, 11) is 0. The van der Waals surface area contributed by atoms with Crippen molar-refractivity contribution in [3.63, 3.8) is 0 Å². The Hall–Kier alpha value is -1.20. The lowest BCUT2D eigenvalue weighted by Crippen LogP contribution is -2.23. The highest BCUT2D eigenvalue weighted by atomic mass is 79.9. The number of nitrogens with one attached hydrogen (secondary N) is 1. The number of pyridine rings is 1. The fourth-order valence-corrected chi connectivity index (χ4v) is 1.91. The summed E-state index contributed by atoms with van der Waals surface area (Å²) >= 11 is 3.45. The molecule has 0 unspecified atom stereocenters. The van der Waals surface area contributed by atoms with Gasteiger partial charge in [0.15, 0.2) is 0 Å². The monoisotopic (exact) mass is 294 g/mol. The van der Waals surface area contributed by atoms with Crippen LogP contribution in [-0.4, -0.2) is 20.6 Å². The molecule has 0 aliphatic rings. The van der Waals surface area contributed by atoms with E-state index in [-0.39, 0.29) is 0 Å². The topological polar surface area (TPSA) is 42.7 Å². The normalized spacial score (nSPS) is 11.1. The molecule has 0 aliphatic carbocycles. The van der Waals surface area contributed by atoms with E-state index in [4.69, 9.17) is 0 Å². The van der Waals surface area contributed by atoms with Crippen molar-refractivity contribution in [2.45, 2.75) is 26.4 Å². The molecule has 0 saturated carbocycles. The summed E-state index contributed by atoms with van der Waals surface area (Å²) in [6, 6.07) is 2.53. The summed E-state index contributed by atoms with van der Waals surface area (Å²) in [5.74, 6) is 0.916. The number of imidazole rings is 1. The first-order valence-electron chi connectivity index (χ1n) is 5.53. The van der Waals surface area contributed by atoms with Crippen molar-refractivity contribution in [1.82, 2.24) is 19.9 Å². The van der Waals surface area contributed by atoms with Crippen molar-refractivity contribution in [2.75, 3.05) is 0 Å². The Balaban J connectivity index is 2.31. The van der Waals surface area contributed by atoms with Crippen molar-refractivity contribution >= 4 is 15.9 Å². The van der Waals surface area contributed by atoms with Crippen LogP contribution in [0.1, 0.15) is 19.4 Å². The van der Waals surface area contributed by atoms with Gasteiger partial charge in [-0.05, 0) is 22.0 Å². The molecule has 0 amide bonds. The van der Waals surface area contributed by atoms with Gasteiger partial charge in [-0.3, -0.25) is 4.57 Å². The average molecular weight is 295 g/mol. The van der Waals surface area contributed by atoms with Crippen molar-refractivity contribution in [2.24, 2.45) is 0 Å². The molecule has 4 nitrogen and oxygen atoms in total. The van der Waals surface area contributed by atoms with Gasteiger partial charge < -0.3 is 5.32 Å². The molecular formula is C12H15BrN4. The second-order valence-electron chi connectivity index (χ2n) is 4.14. The number of hydrogen-bond donors (Lipinski definition) is 1. The summed E-state index contributed by atoms with van der Waals surface area (Å²) in [6.07, 6.45) is 7.21. The van der Waals surface area contributed by atoms with Crippen LogP contribution in [-0.2, 0) is 6.54 Å². The second kappa shape index (κ2) is 5.42. The Morgan fingerprint density at radius 2 is 2.29 bits per heavy atom. The first-order chi connectivity index (χ1) is 8.16. The van der Waals surface area contributed by atoms with Crippen molar-refractivity contribution in [3.8, 4) is 5.82 Å². The van der Waals surface area contributed by atoms with E-state index >= 15 is 0 Å². The van der Waals surface area contributed by atoms with Gasteiger partial charge in [0.25, 0.3) is 0 Å². The predicted molar refractivity (Wildman–Crippen MR) is 71.0 cm³/mol. The highest BCUT2D eigenvalue weighted by Gasteiger charge is 2.07. The zero-order valence-electron chi connectivity index (χ0n) is 9.89. The molecule has 17 heavy (non-hydrogen) atoms. The third-order valence-electron chi connectivity index (χ3n) is 2.36. The van der Waals surface area contributed by atoms with Crippen molar-refractivity contribution in [1.29, 1.82) is 0 Å². The van der Waals surface area contributed by atoms with Gasteiger partial charge in [-0.2, -0.15) is 0 Å². The fourth-order valence-electron chi connectivity index (χ4n) is 1.54. The molecule has 2 rings (SSSR count). The summed E-state index contributed by atoms with van der Waals surface area (Å²) < 4.78 is 2.91. The number of rotatable bonds is 4. The van der Waals surface area contributed by atoms with Crippen LogP contribution in [0.25, 0.3) is 5.82 Å². The number of halogens is 1. The van der Waals surface area contributed by atoms with Crippen LogP contribution in [0.4, 0.5) is 0 Å². The molecular weight excluding hydrogens is 280 g/mol. The quantitative estimate of drug-likeness (QED) is 0.942. The van der Waals surface area contributed by atoms with E-state index in [1.165, 1.54) is 0 Å². The maximum Gasteiger partial charge on any atom is 0.142 e. The number of hydrogen-bond acceptors (Lipinski definition) is 3. The standard InChI is InChI=1S/C12H15BrN4/c1-9(2)15-6-10-5-11(13)7-16-12(10)17-4-3-14-8-17/h3-5,7-9,15H,6H2,1-2H3. The van der Waals surface area contributed by atoms with Gasteiger partial charge in [-0.25, -0.2) is 9.97 Å². The van der Waals surface area contributed by atoms with Crippen molar-refractivity contribution in [3.05, 3.63) is 41.0 Å². The summed E-state index contributed by atoms with van der Waals surface area (Å²) in [5.41, 5.74) is 1.14. The van der Waals surface area contributed by atoms with Crippen LogP contribution < -0.4 is 5.32 Å². The highest BCUT2D eigenvalue weighted by molar-refractivity contribution is 9.10. The van der Waals surface area contributed by atoms with E-state index in [2.05, 4.69) is 51.1 Å². The second-order valence-corrected chi connectivity index (χ2v) is 5.06. The molecule has 0 fully saturated rings. The molecule has 5 heteroatoms. The van der Waals surface area contributed by atoms with Crippen LogP contribution in [0.2, 0.25) is 0 Å². The molecule has 1 N–H and O–H groups in total. The largest absolute Gasteiger partial charge is 0.310 e. The Morgan fingerprint density at radius 3 is 2.94 bits per heavy atom. The Morgan fingerprint density at radius 1 is 1.47 bits per heavy atom. The van der Waals surface area contributed by atoms with Gasteiger partial charge in [-0.1, -0.05) is 13.8 Å². The molecule has 0 bridgehead atoms. The highest BCUT2D eigenvalue weighted by Crippen LogP contribution is 2.17. The molecule has 2 aromatic heterocycles. The zero-order chi connectivity index (χ0) is 12.3. The summed E-state index contributed by atoms with van der Waals surface area (Å²) in [6.45, 7) is 5.04. The number of aromatic nitrogens is 3. The van der Waals surface area contributed by atoms with Gasteiger partial charge in [-0.15, -0.1) is 0 Å². The summed E-state index contributed by atoms with van der Waals surface area (Å²) in [4.78, 5) is 8.48. The van der Waals surface area contributed by atoms with Crippen molar-refractivity contribution < 1.29 is 0 Å². The third kappa shape index (κ3) is 3.14. The van der Waals surface area contributed by atoms with Crippen LogP contribution >= 0.6 is 15.9 Å². The van der Waals surface area contributed by atoms with Crippen LogP contribution in [0, 0.1) is 0 Å². The molecule has 0 radical (unpaired) electrons. The van der Waals surface area contributed by atoms with E-state index in [1.807, 2.05) is 10.8 Å². The lowest BCUT2D eigenvalue weighted by molar-refractivity contribution is 0.586. The fraction of sp³-hybridized carbons (Fsp3) is 0.333. The minimum Gasteiger partial charge on any atom is -0.310 e. The summed E-state index contributed by atoms with van der Waals surface area (Å²) in [5, 5.41) is 3.40. The SMILES string of the molecule is CC(C)NCc1cc(Br)cnc1-n1ccnc1. The van der Waals surface area contributed by atoms with E-state index in [9.17, 15) is 0 Å². The first kappa shape index (κ1) is 12.3. The first-order valence-corrected chi connectivity index (χ1v) is 6.32. The van der Waals surface area contributed by atoms with Crippen LogP contribution in [0.15, 0.2) is 35.5 Å². The Labute approximate surface area is 109 Å². The Kier molecular flexibility index (Phi) is 3.91. The minimum absolute atomic E-state index is 0.449. The molecule has 0 aromatic carbocycles. The molecule has 0 aliphatic heterocycles. The lowest BCUT2D eigenvalue weighted by Gasteiger charge is -2.12. The van der Waals surface area contributed by atoms with E-state index in [0.29, 0.717) is 6.04 Å².